The molecule has 4 bridgehead atoms. The number of oxime groups is 1. The highest BCUT2D eigenvalue weighted by Crippen LogP contribution is 2.52. The molecule has 0 aromatic carbocycles. The van der Waals surface area contributed by atoms with Crippen LogP contribution in [0.3, 0.4) is 0 Å². The average molecular weight is 263 g/mol. The molecule has 0 heterocycles. The van der Waals surface area contributed by atoms with E-state index in [2.05, 4.69) is 5.16 Å². The minimum Gasteiger partial charge on any atom is -0.318 e. The Labute approximate surface area is 115 Å². The molecule has 4 saturated carbocycles. The van der Waals surface area contributed by atoms with E-state index in [1.54, 1.807) is 0 Å². The number of carbonyl (C=O) groups is 1. The number of nitrogens with zero attached hydrogens (tertiary/aromatic N) is 1. The summed E-state index contributed by atoms with van der Waals surface area (Å²) in [6, 6.07) is 0. The van der Waals surface area contributed by atoms with E-state index in [0.717, 1.165) is 18.3 Å². The quantitative estimate of drug-likeness (QED) is 0.574. The van der Waals surface area contributed by atoms with E-state index in [1.165, 1.54) is 37.8 Å². The van der Waals surface area contributed by atoms with Crippen molar-refractivity contribution >= 4 is 11.7 Å². The summed E-state index contributed by atoms with van der Waals surface area (Å²) in [6.45, 7) is 5.86. The Hall–Kier alpha value is -0.860. The largest absolute Gasteiger partial charge is 0.340 e. The zero-order valence-corrected chi connectivity index (χ0v) is 12.3. The molecule has 3 heteroatoms. The van der Waals surface area contributed by atoms with Crippen molar-refractivity contribution in [1.29, 1.82) is 0 Å². The van der Waals surface area contributed by atoms with E-state index in [1.807, 2.05) is 20.8 Å². The third kappa shape index (κ3) is 2.32. The minimum atomic E-state index is -0.421. The summed E-state index contributed by atoms with van der Waals surface area (Å²) >= 11 is 0. The molecule has 3 nitrogen and oxygen atoms in total. The molecule has 4 aliphatic carbocycles. The summed E-state index contributed by atoms with van der Waals surface area (Å²) in [6.07, 6.45) is 7.33. The topological polar surface area (TPSA) is 38.7 Å². The van der Waals surface area contributed by atoms with Crippen molar-refractivity contribution < 1.29 is 9.63 Å². The van der Waals surface area contributed by atoms with Crippen LogP contribution in [0.5, 0.6) is 0 Å². The standard InChI is InChI=1S/C16H25NO2/c1-4-16(2,3)15(18)19-17-14-12-6-10-5-11(8-12)9-13(14)7-10/h10-13H,4-9H2,1-3H3. The predicted octanol–water partition coefficient (Wildman–Crippen LogP) is 3.78. The highest BCUT2D eigenvalue weighted by atomic mass is 16.7. The van der Waals surface area contributed by atoms with Crippen molar-refractivity contribution in [3.05, 3.63) is 0 Å². The molecule has 0 aromatic heterocycles. The van der Waals surface area contributed by atoms with Gasteiger partial charge in [-0.05, 0) is 64.2 Å². The monoisotopic (exact) mass is 263 g/mol. The Morgan fingerprint density at radius 1 is 1.16 bits per heavy atom. The first-order valence-electron chi connectivity index (χ1n) is 7.78. The Bertz CT molecular complexity index is 381. The zero-order valence-electron chi connectivity index (χ0n) is 12.3. The van der Waals surface area contributed by atoms with Gasteiger partial charge in [-0.1, -0.05) is 12.1 Å². The smallest absolute Gasteiger partial charge is 0.318 e. The summed E-state index contributed by atoms with van der Waals surface area (Å²) in [5, 5.41) is 4.30. The Morgan fingerprint density at radius 3 is 2.16 bits per heavy atom. The number of rotatable bonds is 3. The van der Waals surface area contributed by atoms with Crippen LogP contribution < -0.4 is 0 Å². The highest BCUT2D eigenvalue weighted by Gasteiger charge is 2.46. The van der Waals surface area contributed by atoms with Gasteiger partial charge in [-0.3, -0.25) is 0 Å². The fourth-order valence-electron chi connectivity index (χ4n) is 4.18. The van der Waals surface area contributed by atoms with Crippen LogP contribution in [0.15, 0.2) is 5.16 Å². The van der Waals surface area contributed by atoms with Gasteiger partial charge in [0.1, 0.15) is 0 Å². The first-order chi connectivity index (χ1) is 8.99. The van der Waals surface area contributed by atoms with Crippen molar-refractivity contribution in [2.24, 2.45) is 34.2 Å². The summed E-state index contributed by atoms with van der Waals surface area (Å²) < 4.78 is 0. The van der Waals surface area contributed by atoms with E-state index in [9.17, 15) is 4.79 Å². The fraction of sp³-hybridized carbons (Fsp3) is 0.875. The third-order valence-electron chi connectivity index (χ3n) is 5.65. The van der Waals surface area contributed by atoms with Gasteiger partial charge in [0.2, 0.25) is 0 Å². The van der Waals surface area contributed by atoms with Crippen LogP contribution in [0.25, 0.3) is 0 Å². The van der Waals surface area contributed by atoms with Gasteiger partial charge < -0.3 is 4.84 Å². The number of hydrogen-bond donors (Lipinski definition) is 0. The molecule has 4 aliphatic rings. The molecule has 0 radical (unpaired) electrons. The molecular formula is C16H25NO2. The molecule has 0 saturated heterocycles. The van der Waals surface area contributed by atoms with Gasteiger partial charge in [-0.25, -0.2) is 4.79 Å². The van der Waals surface area contributed by atoms with Crippen molar-refractivity contribution in [1.82, 2.24) is 0 Å². The molecule has 0 aliphatic heterocycles. The normalized spacial score (nSPS) is 36.5. The molecule has 0 N–H and O–H groups in total. The summed E-state index contributed by atoms with van der Waals surface area (Å²) in [4.78, 5) is 17.3. The lowest BCUT2D eigenvalue weighted by molar-refractivity contribution is -0.154. The van der Waals surface area contributed by atoms with Gasteiger partial charge in [0.25, 0.3) is 0 Å². The van der Waals surface area contributed by atoms with Crippen LogP contribution in [0.4, 0.5) is 0 Å². The van der Waals surface area contributed by atoms with Crippen LogP contribution in [0, 0.1) is 29.1 Å². The maximum atomic E-state index is 12.0. The van der Waals surface area contributed by atoms with Crippen LogP contribution in [0.2, 0.25) is 0 Å². The average Bonchev–Trinajstić information content (AvgIpc) is 2.36. The highest BCUT2D eigenvalue weighted by molar-refractivity contribution is 5.91. The molecule has 0 unspecified atom stereocenters. The van der Waals surface area contributed by atoms with E-state index in [4.69, 9.17) is 4.84 Å². The van der Waals surface area contributed by atoms with Gasteiger partial charge in [0.15, 0.2) is 0 Å². The predicted molar refractivity (Wildman–Crippen MR) is 74.6 cm³/mol. The SMILES string of the molecule is CCC(C)(C)C(=O)ON=C1C2CC3CC(C2)CC1C3. The van der Waals surface area contributed by atoms with Crippen molar-refractivity contribution in [2.75, 3.05) is 0 Å². The van der Waals surface area contributed by atoms with Gasteiger partial charge >= 0.3 is 5.97 Å². The van der Waals surface area contributed by atoms with E-state index in [0.29, 0.717) is 11.8 Å². The second kappa shape index (κ2) is 4.60. The van der Waals surface area contributed by atoms with E-state index in [-0.39, 0.29) is 5.97 Å². The van der Waals surface area contributed by atoms with Crippen LogP contribution in [0.1, 0.15) is 59.3 Å². The molecule has 0 aromatic rings. The summed E-state index contributed by atoms with van der Waals surface area (Å²) in [7, 11) is 0. The van der Waals surface area contributed by atoms with Crippen molar-refractivity contribution in [3.8, 4) is 0 Å². The zero-order chi connectivity index (χ0) is 13.6. The number of carbonyl (C=O) groups excluding carboxylic acids is 1. The molecular weight excluding hydrogens is 238 g/mol. The number of hydrogen-bond acceptors (Lipinski definition) is 3. The molecule has 0 amide bonds. The van der Waals surface area contributed by atoms with Crippen LogP contribution in [-0.2, 0) is 9.63 Å². The van der Waals surface area contributed by atoms with Crippen LogP contribution >= 0.6 is 0 Å². The second-order valence-electron chi connectivity index (χ2n) is 7.44. The minimum absolute atomic E-state index is 0.184. The second-order valence-corrected chi connectivity index (χ2v) is 7.44. The Kier molecular flexibility index (Phi) is 3.18. The van der Waals surface area contributed by atoms with Crippen molar-refractivity contribution in [3.63, 3.8) is 0 Å². The molecule has 4 rings (SSSR count). The first-order valence-corrected chi connectivity index (χ1v) is 7.78. The molecule has 19 heavy (non-hydrogen) atoms. The van der Waals surface area contributed by atoms with Crippen LogP contribution in [-0.4, -0.2) is 11.7 Å². The third-order valence-corrected chi connectivity index (χ3v) is 5.65. The lowest BCUT2D eigenvalue weighted by Crippen LogP contribution is -2.45. The first kappa shape index (κ1) is 13.1. The lowest BCUT2D eigenvalue weighted by Gasteiger charge is -2.49. The maximum Gasteiger partial charge on any atom is 0.340 e. The molecule has 0 spiro atoms. The van der Waals surface area contributed by atoms with Crippen molar-refractivity contribution in [2.45, 2.75) is 59.3 Å². The van der Waals surface area contributed by atoms with Gasteiger partial charge in [0.05, 0.1) is 11.1 Å². The maximum absolute atomic E-state index is 12.0. The van der Waals surface area contributed by atoms with Gasteiger partial charge in [0, 0.05) is 11.8 Å². The summed E-state index contributed by atoms with van der Waals surface area (Å²) in [5.74, 6) is 2.87. The van der Waals surface area contributed by atoms with Gasteiger partial charge in [-0.15, -0.1) is 0 Å². The Morgan fingerprint density at radius 2 is 1.68 bits per heavy atom. The lowest BCUT2D eigenvalue weighted by atomic mass is 9.55. The van der Waals surface area contributed by atoms with E-state index < -0.39 is 5.41 Å². The Balaban J connectivity index is 1.69. The van der Waals surface area contributed by atoms with Gasteiger partial charge in [-0.2, -0.15) is 0 Å². The molecule has 106 valence electrons. The summed E-state index contributed by atoms with van der Waals surface area (Å²) in [5.41, 5.74) is 0.781. The molecule has 0 atom stereocenters. The van der Waals surface area contributed by atoms with E-state index >= 15 is 0 Å². The molecule has 4 fully saturated rings. The fourth-order valence-corrected chi connectivity index (χ4v) is 4.18.